The molecule has 2 aromatic carbocycles. The zero-order chi connectivity index (χ0) is 24.2. The zero-order valence-electron chi connectivity index (χ0n) is 20.6. The molecule has 2 unspecified atom stereocenters. The quantitative estimate of drug-likeness (QED) is 0.302. The first-order valence-corrected chi connectivity index (χ1v) is 13.5. The predicted molar refractivity (Wildman–Crippen MR) is 137 cm³/mol. The first kappa shape index (κ1) is 24.9. The van der Waals surface area contributed by atoms with Gasteiger partial charge in [-0.25, -0.2) is 4.67 Å². The highest BCUT2D eigenvalue weighted by Gasteiger charge is 2.43. The van der Waals surface area contributed by atoms with Crippen LogP contribution in [0, 0.1) is 22.7 Å². The fourth-order valence-electron chi connectivity index (χ4n) is 5.63. The minimum Gasteiger partial charge on any atom is -0.365 e. The third kappa shape index (κ3) is 5.07. The molecular weight excluding hydrogens is 443 g/mol. The van der Waals surface area contributed by atoms with Crippen molar-refractivity contribution in [3.8, 4) is 12.1 Å². The Labute approximate surface area is 205 Å². The molecule has 0 aromatic heterocycles. The van der Waals surface area contributed by atoms with Gasteiger partial charge in [-0.2, -0.15) is 10.5 Å². The van der Waals surface area contributed by atoms with Crippen LogP contribution in [0.25, 0.3) is 10.8 Å². The highest BCUT2D eigenvalue weighted by atomic mass is 31.2. The molecule has 180 valence electrons. The number of rotatable bonds is 9. The van der Waals surface area contributed by atoms with Crippen molar-refractivity contribution >= 4 is 25.0 Å². The van der Waals surface area contributed by atoms with Gasteiger partial charge in [-0.05, 0) is 65.5 Å². The number of benzene rings is 2. The van der Waals surface area contributed by atoms with Crippen LogP contribution in [-0.2, 0) is 9.05 Å². The predicted octanol–water partition coefficient (Wildman–Crippen LogP) is 6.50. The lowest BCUT2D eigenvalue weighted by Crippen LogP contribution is -2.46. The molecule has 34 heavy (non-hydrogen) atoms. The molecule has 2 aliphatic heterocycles. The van der Waals surface area contributed by atoms with E-state index < -0.39 is 8.53 Å². The molecule has 0 radical (unpaired) electrons. The first-order chi connectivity index (χ1) is 16.4. The van der Waals surface area contributed by atoms with E-state index in [-0.39, 0.29) is 6.10 Å². The standard InChI is InChI=1S/C27H35N4O2P/c1-19(2)31(20(3)4)34(32-15-7-14-28)33-24-16-22-11-12-23(17-24)30(22)27-13-10-21(18-29)25-8-5-6-9-26(25)27/h5-6,8-10,13,19-20,22-24H,7,11-12,15-17H2,1-4H3/t22-,23+,24?,34?. The maximum atomic E-state index is 9.56. The molecule has 0 saturated carbocycles. The Bertz CT molecular complexity index is 1050. The van der Waals surface area contributed by atoms with E-state index in [0.29, 0.717) is 37.2 Å². The molecule has 0 aliphatic carbocycles. The third-order valence-corrected chi connectivity index (χ3v) is 9.07. The van der Waals surface area contributed by atoms with Gasteiger partial charge in [0.1, 0.15) is 0 Å². The molecule has 7 heteroatoms. The van der Waals surface area contributed by atoms with Gasteiger partial charge >= 0.3 is 0 Å². The van der Waals surface area contributed by atoms with Crippen molar-refractivity contribution < 1.29 is 9.05 Å². The van der Waals surface area contributed by atoms with Crippen molar-refractivity contribution in [2.75, 3.05) is 11.5 Å². The van der Waals surface area contributed by atoms with Crippen LogP contribution in [0.1, 0.15) is 65.4 Å². The second-order valence-corrected chi connectivity index (χ2v) is 11.2. The first-order valence-electron chi connectivity index (χ1n) is 12.4. The van der Waals surface area contributed by atoms with Crippen molar-refractivity contribution in [2.45, 2.75) is 90.1 Å². The van der Waals surface area contributed by atoms with Gasteiger partial charge < -0.3 is 13.9 Å². The summed E-state index contributed by atoms with van der Waals surface area (Å²) in [6.07, 6.45) is 4.77. The Balaban J connectivity index is 1.54. The minimum atomic E-state index is -1.22. The molecule has 4 atom stereocenters. The summed E-state index contributed by atoms with van der Waals surface area (Å²) in [4.78, 5) is 2.59. The molecule has 2 bridgehead atoms. The van der Waals surface area contributed by atoms with E-state index in [0.717, 1.165) is 42.0 Å². The molecule has 6 nitrogen and oxygen atoms in total. The van der Waals surface area contributed by atoms with Gasteiger partial charge in [0.2, 0.25) is 0 Å². The van der Waals surface area contributed by atoms with Crippen LogP contribution in [0.3, 0.4) is 0 Å². The summed E-state index contributed by atoms with van der Waals surface area (Å²) in [7, 11) is -1.22. The lowest BCUT2D eigenvalue weighted by molar-refractivity contribution is 0.105. The molecule has 2 aliphatic rings. The molecule has 2 aromatic rings. The fourth-order valence-corrected chi connectivity index (χ4v) is 7.37. The third-order valence-electron chi connectivity index (χ3n) is 6.89. The summed E-state index contributed by atoms with van der Waals surface area (Å²) in [6, 6.07) is 18.3. The summed E-state index contributed by atoms with van der Waals surface area (Å²) < 4.78 is 15.2. The number of nitrogens with zero attached hydrogens (tertiary/aromatic N) is 4. The Morgan fingerprint density at radius 1 is 1.00 bits per heavy atom. The van der Waals surface area contributed by atoms with Gasteiger partial charge in [-0.15, -0.1) is 0 Å². The van der Waals surface area contributed by atoms with Crippen LogP contribution >= 0.6 is 8.53 Å². The topological polar surface area (TPSA) is 72.5 Å². The van der Waals surface area contributed by atoms with E-state index in [2.05, 4.69) is 67.6 Å². The Kier molecular flexibility index (Phi) is 8.07. The number of anilines is 1. The van der Waals surface area contributed by atoms with Crippen molar-refractivity contribution in [3.05, 3.63) is 42.0 Å². The molecule has 2 saturated heterocycles. The molecule has 0 amide bonds. The average Bonchev–Trinajstić information content (AvgIpc) is 3.07. The van der Waals surface area contributed by atoms with E-state index in [1.807, 2.05) is 18.2 Å². The minimum absolute atomic E-state index is 0.145. The lowest BCUT2D eigenvalue weighted by Gasteiger charge is -2.43. The highest BCUT2D eigenvalue weighted by molar-refractivity contribution is 7.44. The van der Waals surface area contributed by atoms with Crippen LogP contribution in [0.5, 0.6) is 0 Å². The van der Waals surface area contributed by atoms with Crippen molar-refractivity contribution in [3.63, 3.8) is 0 Å². The van der Waals surface area contributed by atoms with Crippen molar-refractivity contribution in [2.24, 2.45) is 0 Å². The van der Waals surface area contributed by atoms with E-state index in [1.165, 1.54) is 5.69 Å². The van der Waals surface area contributed by atoms with Crippen LogP contribution in [0.2, 0.25) is 0 Å². The maximum Gasteiger partial charge on any atom is 0.259 e. The summed E-state index contributed by atoms with van der Waals surface area (Å²) in [6.45, 7) is 9.10. The van der Waals surface area contributed by atoms with Crippen LogP contribution < -0.4 is 4.90 Å². The van der Waals surface area contributed by atoms with Gasteiger partial charge in [0, 0.05) is 40.6 Å². The molecular formula is C27H35N4O2P. The second-order valence-electron chi connectivity index (χ2n) is 9.83. The highest BCUT2D eigenvalue weighted by Crippen LogP contribution is 2.51. The van der Waals surface area contributed by atoms with Gasteiger partial charge in [0.05, 0.1) is 36.8 Å². The molecule has 0 N–H and O–H groups in total. The van der Waals surface area contributed by atoms with Crippen LogP contribution in [0.4, 0.5) is 5.69 Å². The fraction of sp³-hybridized carbons (Fsp3) is 0.556. The molecule has 4 rings (SSSR count). The van der Waals surface area contributed by atoms with E-state index >= 15 is 0 Å². The summed E-state index contributed by atoms with van der Waals surface area (Å²) in [5, 5.41) is 20.7. The van der Waals surface area contributed by atoms with Gasteiger partial charge in [0.25, 0.3) is 8.53 Å². The average molecular weight is 479 g/mol. The van der Waals surface area contributed by atoms with Crippen LogP contribution in [0.15, 0.2) is 36.4 Å². The van der Waals surface area contributed by atoms with Gasteiger partial charge in [-0.1, -0.05) is 24.3 Å². The zero-order valence-corrected chi connectivity index (χ0v) is 21.5. The maximum absolute atomic E-state index is 9.56. The van der Waals surface area contributed by atoms with Crippen molar-refractivity contribution in [1.82, 2.24) is 4.67 Å². The Morgan fingerprint density at radius 3 is 2.24 bits per heavy atom. The smallest absolute Gasteiger partial charge is 0.259 e. The van der Waals surface area contributed by atoms with E-state index in [9.17, 15) is 5.26 Å². The number of nitriles is 2. The summed E-state index contributed by atoms with van der Waals surface area (Å²) in [5.74, 6) is 0. The SMILES string of the molecule is CC(C)N(C(C)C)P(OCCC#N)OC1C[C@H]2CC[C@@H](C1)N2c1ccc(C#N)c2ccccc12. The number of piperidine rings is 1. The number of fused-ring (bicyclic) bond motifs is 3. The largest absolute Gasteiger partial charge is 0.365 e. The van der Waals surface area contributed by atoms with Crippen molar-refractivity contribution in [1.29, 1.82) is 10.5 Å². The number of hydrogen-bond acceptors (Lipinski definition) is 6. The normalized spacial score (nSPS) is 23.0. The lowest BCUT2D eigenvalue weighted by atomic mass is 9.96. The van der Waals surface area contributed by atoms with E-state index in [4.69, 9.17) is 14.3 Å². The molecule has 0 spiro atoms. The van der Waals surface area contributed by atoms with Crippen LogP contribution in [-0.4, -0.2) is 41.5 Å². The monoisotopic (exact) mass is 478 g/mol. The Morgan fingerprint density at radius 2 is 1.65 bits per heavy atom. The summed E-state index contributed by atoms with van der Waals surface area (Å²) in [5.41, 5.74) is 1.96. The molecule has 2 fully saturated rings. The van der Waals surface area contributed by atoms with Gasteiger partial charge in [0.15, 0.2) is 0 Å². The Hall–Kier alpha value is -2.21. The van der Waals surface area contributed by atoms with E-state index in [1.54, 1.807) is 0 Å². The molecule has 2 heterocycles. The van der Waals surface area contributed by atoms with Gasteiger partial charge in [-0.3, -0.25) is 0 Å². The summed E-state index contributed by atoms with van der Waals surface area (Å²) >= 11 is 0. The number of hydrogen-bond donors (Lipinski definition) is 0. The second kappa shape index (κ2) is 11.0.